The fraction of sp³-hybridized carbons (Fsp3) is 0.833. The van der Waals surface area contributed by atoms with Crippen LogP contribution < -0.4 is 5.73 Å². The number of alkyl halides is 4. The summed E-state index contributed by atoms with van der Waals surface area (Å²) in [7, 11) is 0. The van der Waals surface area contributed by atoms with Crippen LogP contribution in [0.2, 0.25) is 0 Å². The first-order valence-electron chi connectivity index (χ1n) is 3.56. The molecule has 1 unspecified atom stereocenters. The first-order chi connectivity index (χ1) is 6.31. The van der Waals surface area contributed by atoms with Gasteiger partial charge in [-0.25, -0.2) is 8.78 Å². The monoisotopic (exact) mass is 218 g/mol. The molecule has 0 rings (SSSR count). The molecule has 0 radical (unpaired) electrons. The average Bonchev–Trinajstić information content (AvgIpc) is 2.12. The van der Waals surface area contributed by atoms with E-state index in [-0.39, 0.29) is 0 Å². The van der Waals surface area contributed by atoms with Crippen LogP contribution in [0.25, 0.3) is 0 Å². The Kier molecular flexibility index (Phi) is 4.61. The van der Waals surface area contributed by atoms with Crippen molar-refractivity contribution in [1.82, 2.24) is 0 Å². The van der Waals surface area contributed by atoms with Gasteiger partial charge < -0.3 is 15.7 Å². The van der Waals surface area contributed by atoms with Gasteiger partial charge in [0, 0.05) is 0 Å². The van der Waals surface area contributed by atoms with Crippen molar-refractivity contribution < 1.29 is 27.5 Å². The van der Waals surface area contributed by atoms with Crippen molar-refractivity contribution in [2.45, 2.75) is 25.4 Å². The number of nitrogens with zero attached hydrogens (tertiary/aromatic N) is 1. The molecule has 0 heterocycles. The van der Waals surface area contributed by atoms with Gasteiger partial charge in [0.05, 0.1) is 0 Å². The van der Waals surface area contributed by atoms with E-state index in [0.717, 1.165) is 0 Å². The molecular formula is C6H10F4N2O2. The maximum Gasteiger partial charge on any atom is 0.330 e. The van der Waals surface area contributed by atoms with Gasteiger partial charge in [-0.1, -0.05) is 5.16 Å². The zero-order chi connectivity index (χ0) is 11.4. The third kappa shape index (κ3) is 3.77. The summed E-state index contributed by atoms with van der Waals surface area (Å²) in [6.07, 6.45) is -4.95. The van der Waals surface area contributed by atoms with E-state index in [0.29, 0.717) is 0 Å². The number of hydrogen-bond donors (Lipinski definition) is 2. The van der Waals surface area contributed by atoms with Crippen molar-refractivity contribution in [1.29, 1.82) is 0 Å². The first kappa shape index (κ1) is 12.9. The van der Waals surface area contributed by atoms with E-state index in [2.05, 4.69) is 9.89 Å². The summed E-state index contributed by atoms with van der Waals surface area (Å²) in [6, 6.07) is 0. The van der Waals surface area contributed by atoms with Crippen LogP contribution in [0.15, 0.2) is 5.16 Å². The number of amidine groups is 1. The number of halogens is 4. The second-order valence-electron chi connectivity index (χ2n) is 2.54. The number of oxime groups is 1. The van der Waals surface area contributed by atoms with E-state index in [1.807, 2.05) is 0 Å². The van der Waals surface area contributed by atoms with Crippen LogP contribution in [0, 0.1) is 0 Å². The van der Waals surface area contributed by atoms with E-state index < -0.39 is 30.9 Å². The van der Waals surface area contributed by atoms with Gasteiger partial charge in [0.2, 0.25) is 0 Å². The molecule has 0 aromatic heterocycles. The lowest BCUT2D eigenvalue weighted by Gasteiger charge is -2.18. The lowest BCUT2D eigenvalue weighted by atomic mass is 10.3. The van der Waals surface area contributed by atoms with Gasteiger partial charge in [-0.15, -0.1) is 0 Å². The summed E-state index contributed by atoms with van der Waals surface area (Å²) in [6.45, 7) is -0.293. The van der Waals surface area contributed by atoms with E-state index >= 15 is 0 Å². The molecule has 0 fully saturated rings. The third-order valence-corrected chi connectivity index (χ3v) is 1.38. The van der Waals surface area contributed by atoms with Gasteiger partial charge in [-0.2, -0.15) is 8.78 Å². The first-order valence-corrected chi connectivity index (χ1v) is 3.56. The SMILES string of the molecule is CC(OCC(F)(F)C(F)F)C(N)=NO. The molecule has 0 aliphatic heterocycles. The fourth-order valence-corrected chi connectivity index (χ4v) is 0.466. The summed E-state index contributed by atoms with van der Waals surface area (Å²) >= 11 is 0. The molecule has 1 atom stereocenters. The molecule has 4 nitrogen and oxygen atoms in total. The predicted octanol–water partition coefficient (Wildman–Crippen LogP) is 1.04. The van der Waals surface area contributed by atoms with E-state index in [9.17, 15) is 17.6 Å². The van der Waals surface area contributed by atoms with Crippen molar-refractivity contribution in [3.05, 3.63) is 0 Å². The highest BCUT2D eigenvalue weighted by atomic mass is 19.3. The van der Waals surface area contributed by atoms with Gasteiger partial charge >= 0.3 is 12.3 Å². The zero-order valence-corrected chi connectivity index (χ0v) is 7.25. The standard InChI is InChI=1S/C6H10F4N2O2/c1-3(4(11)12-13)14-2-6(9,10)5(7)8/h3,5,13H,2H2,1H3,(H2,11,12). The van der Waals surface area contributed by atoms with Crippen LogP contribution in [-0.2, 0) is 4.74 Å². The smallest absolute Gasteiger partial charge is 0.330 e. The van der Waals surface area contributed by atoms with Crippen LogP contribution in [-0.4, -0.2) is 36.1 Å². The Morgan fingerprint density at radius 3 is 2.43 bits per heavy atom. The van der Waals surface area contributed by atoms with E-state index in [1.165, 1.54) is 6.92 Å². The maximum absolute atomic E-state index is 12.3. The number of ether oxygens (including phenoxy) is 1. The highest BCUT2D eigenvalue weighted by molar-refractivity contribution is 5.83. The van der Waals surface area contributed by atoms with Crippen LogP contribution in [0.1, 0.15) is 6.92 Å². The molecule has 0 amide bonds. The topological polar surface area (TPSA) is 67.8 Å². The predicted molar refractivity (Wildman–Crippen MR) is 39.8 cm³/mol. The molecule has 0 bridgehead atoms. The summed E-state index contributed by atoms with van der Waals surface area (Å²) in [5.74, 6) is -4.70. The van der Waals surface area contributed by atoms with Crippen molar-refractivity contribution in [3.8, 4) is 0 Å². The maximum atomic E-state index is 12.3. The Bertz CT molecular complexity index is 210. The summed E-state index contributed by atoms with van der Waals surface area (Å²) < 4.78 is 52.0. The molecule has 14 heavy (non-hydrogen) atoms. The highest BCUT2D eigenvalue weighted by Gasteiger charge is 2.41. The summed E-state index contributed by atoms with van der Waals surface area (Å²) in [5.41, 5.74) is 4.96. The number of rotatable bonds is 5. The zero-order valence-electron chi connectivity index (χ0n) is 7.25. The second-order valence-corrected chi connectivity index (χ2v) is 2.54. The van der Waals surface area contributed by atoms with Gasteiger partial charge in [0.25, 0.3) is 0 Å². The van der Waals surface area contributed by atoms with Crippen LogP contribution in [0.5, 0.6) is 0 Å². The molecule has 0 aromatic rings. The van der Waals surface area contributed by atoms with Crippen molar-refractivity contribution in [3.63, 3.8) is 0 Å². The van der Waals surface area contributed by atoms with Crippen molar-refractivity contribution in [2.75, 3.05) is 6.61 Å². The van der Waals surface area contributed by atoms with Gasteiger partial charge in [-0.05, 0) is 6.92 Å². The fourth-order valence-electron chi connectivity index (χ4n) is 0.466. The number of nitrogens with two attached hydrogens (primary N) is 1. The van der Waals surface area contributed by atoms with Gasteiger partial charge in [0.15, 0.2) is 5.84 Å². The van der Waals surface area contributed by atoms with Crippen LogP contribution >= 0.6 is 0 Å². The minimum atomic E-state index is -4.23. The Morgan fingerprint density at radius 1 is 1.57 bits per heavy atom. The van der Waals surface area contributed by atoms with Gasteiger partial charge in [-0.3, -0.25) is 0 Å². The van der Waals surface area contributed by atoms with Crippen LogP contribution in [0.4, 0.5) is 17.6 Å². The lowest BCUT2D eigenvalue weighted by molar-refractivity contribution is -0.169. The normalized spacial score (nSPS) is 16.0. The molecule has 3 N–H and O–H groups in total. The van der Waals surface area contributed by atoms with Gasteiger partial charge in [0.1, 0.15) is 12.7 Å². The average molecular weight is 218 g/mol. The Hall–Kier alpha value is -1.05. The second kappa shape index (κ2) is 4.99. The minimum Gasteiger partial charge on any atom is -0.409 e. The molecule has 0 saturated carbocycles. The Morgan fingerprint density at radius 2 is 2.07 bits per heavy atom. The van der Waals surface area contributed by atoms with Crippen molar-refractivity contribution >= 4 is 5.84 Å². The molecule has 8 heteroatoms. The molecule has 0 spiro atoms. The summed E-state index contributed by atoms with van der Waals surface area (Å²) in [5, 5.41) is 10.6. The number of hydrogen-bond acceptors (Lipinski definition) is 3. The molecular weight excluding hydrogens is 208 g/mol. The molecule has 84 valence electrons. The Balaban J connectivity index is 4.06. The third-order valence-electron chi connectivity index (χ3n) is 1.38. The Labute approximate surface area is 77.3 Å². The minimum absolute atomic E-state index is 0.463. The van der Waals surface area contributed by atoms with Crippen molar-refractivity contribution in [2.24, 2.45) is 10.9 Å². The van der Waals surface area contributed by atoms with Crippen LogP contribution in [0.3, 0.4) is 0 Å². The molecule has 0 saturated heterocycles. The quantitative estimate of drug-likeness (QED) is 0.238. The highest BCUT2D eigenvalue weighted by Crippen LogP contribution is 2.23. The van der Waals surface area contributed by atoms with E-state index in [1.54, 1.807) is 0 Å². The largest absolute Gasteiger partial charge is 0.409 e. The molecule has 0 aliphatic rings. The summed E-state index contributed by atoms with van der Waals surface area (Å²) in [4.78, 5) is 0. The molecule has 0 aliphatic carbocycles. The molecule has 0 aromatic carbocycles. The van der Waals surface area contributed by atoms with E-state index in [4.69, 9.17) is 10.9 Å². The lowest BCUT2D eigenvalue weighted by Crippen LogP contribution is -2.37.